The molecule has 2 aliphatic rings. The highest BCUT2D eigenvalue weighted by Gasteiger charge is 2.27. The molecule has 0 fully saturated rings. The van der Waals surface area contributed by atoms with Gasteiger partial charge in [0.1, 0.15) is 23.4 Å². The van der Waals surface area contributed by atoms with Crippen LogP contribution in [0.3, 0.4) is 0 Å². The summed E-state index contributed by atoms with van der Waals surface area (Å²) in [5.74, 6) is 1.82. The van der Waals surface area contributed by atoms with Crippen molar-refractivity contribution in [3.8, 4) is 5.75 Å². The van der Waals surface area contributed by atoms with Gasteiger partial charge in [-0.3, -0.25) is 9.98 Å². The molecule has 8 nitrogen and oxygen atoms in total. The molecule has 0 radical (unpaired) electrons. The Morgan fingerprint density at radius 3 is 2.81 bits per heavy atom. The van der Waals surface area contributed by atoms with Gasteiger partial charge in [-0.2, -0.15) is 0 Å². The topological polar surface area (TPSA) is 134 Å². The maximum absolute atomic E-state index is 6.35. The summed E-state index contributed by atoms with van der Waals surface area (Å²) in [4.78, 5) is 14.4. The molecule has 3 atom stereocenters. The molecular formula is C28H36N6O2S. The average molecular weight is 521 g/mol. The van der Waals surface area contributed by atoms with Gasteiger partial charge in [-0.1, -0.05) is 23.4 Å². The second-order valence-corrected chi connectivity index (χ2v) is 10.3. The van der Waals surface area contributed by atoms with Gasteiger partial charge in [0.15, 0.2) is 6.10 Å². The molecule has 9 heteroatoms. The fraction of sp³-hybridized carbons (Fsp3) is 0.393. The maximum Gasteiger partial charge on any atom is 0.161 e. The Bertz CT molecular complexity index is 1230. The minimum atomic E-state index is -0.232. The molecule has 1 heterocycles. The van der Waals surface area contributed by atoms with Crippen molar-refractivity contribution in [2.45, 2.75) is 64.3 Å². The van der Waals surface area contributed by atoms with Crippen molar-refractivity contribution in [1.29, 1.82) is 0 Å². The highest BCUT2D eigenvalue weighted by molar-refractivity contribution is 8.02. The number of rotatable bonds is 10. The Balaban J connectivity index is 1.36. The first-order valence-electron chi connectivity index (χ1n) is 12.6. The summed E-state index contributed by atoms with van der Waals surface area (Å²) in [6, 6.07) is 12.6. The number of ether oxygens (including phenoxy) is 1. The van der Waals surface area contributed by atoms with E-state index in [0.717, 1.165) is 48.1 Å². The van der Waals surface area contributed by atoms with Crippen LogP contribution in [0.2, 0.25) is 0 Å². The van der Waals surface area contributed by atoms with E-state index in [0.29, 0.717) is 29.7 Å². The number of oxime groups is 1. The van der Waals surface area contributed by atoms with E-state index in [1.54, 1.807) is 0 Å². The predicted octanol–water partition coefficient (Wildman–Crippen LogP) is 4.20. The monoisotopic (exact) mass is 520 g/mol. The SMILES string of the molecule is C=NC(=C\SCN)/C(C)=N/OC(C)C1CCc2cc(C(N)=NCc3ccc4c(c3)CCC4N)ccc2O1. The zero-order valence-electron chi connectivity index (χ0n) is 21.5. The first kappa shape index (κ1) is 26.9. The van der Waals surface area contributed by atoms with Crippen LogP contribution in [0.15, 0.2) is 62.6 Å². The molecule has 196 valence electrons. The van der Waals surface area contributed by atoms with Gasteiger partial charge in [-0.05, 0) is 92.1 Å². The van der Waals surface area contributed by atoms with Crippen LogP contribution in [0.5, 0.6) is 5.75 Å². The van der Waals surface area contributed by atoms with Crippen LogP contribution in [-0.4, -0.2) is 36.3 Å². The van der Waals surface area contributed by atoms with Gasteiger partial charge in [0, 0.05) is 17.5 Å². The minimum absolute atomic E-state index is 0.114. The van der Waals surface area contributed by atoms with Crippen LogP contribution in [0.1, 0.15) is 60.5 Å². The zero-order chi connectivity index (χ0) is 26.4. The van der Waals surface area contributed by atoms with Crippen LogP contribution in [-0.2, 0) is 24.2 Å². The first-order valence-corrected chi connectivity index (χ1v) is 13.6. The lowest BCUT2D eigenvalue weighted by Crippen LogP contribution is -2.34. The van der Waals surface area contributed by atoms with Gasteiger partial charge in [0.2, 0.25) is 0 Å². The molecule has 37 heavy (non-hydrogen) atoms. The van der Waals surface area contributed by atoms with Gasteiger partial charge < -0.3 is 26.8 Å². The van der Waals surface area contributed by atoms with Crippen molar-refractivity contribution < 1.29 is 9.57 Å². The van der Waals surface area contributed by atoms with Gasteiger partial charge in [0.05, 0.1) is 12.2 Å². The summed E-state index contributed by atoms with van der Waals surface area (Å²) in [6.07, 6.45) is 3.37. The Hall–Kier alpha value is -3.14. The zero-order valence-corrected chi connectivity index (χ0v) is 22.3. The molecule has 1 aliphatic carbocycles. The Morgan fingerprint density at radius 2 is 2.03 bits per heavy atom. The molecule has 0 amide bonds. The number of hydrogen-bond donors (Lipinski definition) is 3. The predicted molar refractivity (Wildman–Crippen MR) is 153 cm³/mol. The Morgan fingerprint density at radius 1 is 1.22 bits per heavy atom. The summed E-state index contributed by atoms with van der Waals surface area (Å²) in [5.41, 5.74) is 25.1. The van der Waals surface area contributed by atoms with Crippen molar-refractivity contribution in [3.05, 3.63) is 75.3 Å². The van der Waals surface area contributed by atoms with Crippen LogP contribution in [0.4, 0.5) is 0 Å². The number of nitrogens with zero attached hydrogens (tertiary/aromatic N) is 3. The number of aryl methyl sites for hydroxylation is 2. The van der Waals surface area contributed by atoms with E-state index < -0.39 is 0 Å². The van der Waals surface area contributed by atoms with Gasteiger partial charge in [-0.25, -0.2) is 0 Å². The highest BCUT2D eigenvalue weighted by atomic mass is 32.2. The number of aliphatic imine (C=N–C) groups is 2. The van der Waals surface area contributed by atoms with Crippen LogP contribution >= 0.6 is 11.8 Å². The molecule has 0 saturated carbocycles. The molecule has 2 aromatic carbocycles. The summed E-state index contributed by atoms with van der Waals surface area (Å²) in [7, 11) is 0. The summed E-state index contributed by atoms with van der Waals surface area (Å²) < 4.78 is 6.24. The summed E-state index contributed by atoms with van der Waals surface area (Å²) in [6.45, 7) is 7.91. The second kappa shape index (κ2) is 12.4. The molecule has 6 N–H and O–H groups in total. The molecule has 0 saturated heterocycles. The van der Waals surface area contributed by atoms with Crippen LogP contribution in [0.25, 0.3) is 0 Å². The maximum atomic E-state index is 6.35. The lowest BCUT2D eigenvalue weighted by molar-refractivity contribution is -0.0203. The fourth-order valence-electron chi connectivity index (χ4n) is 4.61. The van der Waals surface area contributed by atoms with E-state index in [9.17, 15) is 0 Å². The Kier molecular flexibility index (Phi) is 9.02. The number of fused-ring (bicyclic) bond motifs is 2. The number of hydrogen-bond acceptors (Lipinski definition) is 8. The molecule has 4 rings (SSSR count). The standard InChI is InChI=1S/C28H36N6O2S/c1-17(25(32-3)15-37-16-29)34-36-18(2)26-10-6-21-13-22(7-11-27(21)35-26)28(31)33-14-19-4-8-23-20(12-19)5-9-24(23)30/h4,7-8,11-13,15,18,24,26H,3,5-6,9-10,14,16,29-30H2,1-2H3,(H2,31,33)/b25-15-,34-17+. The van der Waals surface area contributed by atoms with Gasteiger partial charge in [0.25, 0.3) is 0 Å². The molecule has 0 bridgehead atoms. The molecule has 1 aliphatic heterocycles. The lowest BCUT2D eigenvalue weighted by atomic mass is 9.97. The van der Waals surface area contributed by atoms with Crippen molar-refractivity contribution in [2.75, 3.05) is 5.88 Å². The van der Waals surface area contributed by atoms with E-state index in [1.165, 1.54) is 22.9 Å². The third-order valence-corrected chi connectivity index (χ3v) is 7.39. The van der Waals surface area contributed by atoms with Crippen molar-refractivity contribution in [2.24, 2.45) is 32.3 Å². The first-order chi connectivity index (χ1) is 17.9. The van der Waals surface area contributed by atoms with E-state index in [4.69, 9.17) is 26.8 Å². The number of benzene rings is 2. The summed E-state index contributed by atoms with van der Waals surface area (Å²) >= 11 is 1.43. The van der Waals surface area contributed by atoms with Crippen LogP contribution in [0, 0.1) is 0 Å². The molecular weight excluding hydrogens is 484 g/mol. The molecule has 0 spiro atoms. The number of thioether (sulfide) groups is 1. The van der Waals surface area contributed by atoms with Crippen LogP contribution < -0.4 is 21.9 Å². The fourth-order valence-corrected chi connectivity index (χ4v) is 5.11. The van der Waals surface area contributed by atoms with E-state index in [1.807, 2.05) is 31.4 Å². The molecule has 3 unspecified atom stereocenters. The molecule has 0 aromatic heterocycles. The van der Waals surface area contributed by atoms with Crippen molar-refractivity contribution in [3.63, 3.8) is 0 Å². The minimum Gasteiger partial charge on any atom is -0.486 e. The number of allylic oxidation sites excluding steroid dienone is 1. The van der Waals surface area contributed by atoms with E-state index in [2.05, 4.69) is 46.1 Å². The average Bonchev–Trinajstić information content (AvgIpc) is 3.29. The third kappa shape index (κ3) is 6.60. The number of amidine groups is 1. The smallest absolute Gasteiger partial charge is 0.161 e. The third-order valence-electron chi connectivity index (χ3n) is 6.81. The largest absolute Gasteiger partial charge is 0.486 e. The normalized spacial score (nSPS) is 20.6. The quantitative estimate of drug-likeness (QED) is 0.186. The Labute approximate surface area is 223 Å². The number of nitrogens with two attached hydrogens (primary N) is 3. The van der Waals surface area contributed by atoms with E-state index >= 15 is 0 Å². The highest BCUT2D eigenvalue weighted by Crippen LogP contribution is 2.31. The van der Waals surface area contributed by atoms with Crippen molar-refractivity contribution >= 4 is 30.0 Å². The lowest BCUT2D eigenvalue weighted by Gasteiger charge is -2.29. The summed E-state index contributed by atoms with van der Waals surface area (Å²) in [5, 5.41) is 6.05. The van der Waals surface area contributed by atoms with Gasteiger partial charge >= 0.3 is 0 Å². The second-order valence-electron chi connectivity index (χ2n) is 9.38. The molecule has 2 aromatic rings. The van der Waals surface area contributed by atoms with Crippen molar-refractivity contribution in [1.82, 2.24) is 0 Å². The van der Waals surface area contributed by atoms with Gasteiger partial charge in [-0.15, -0.1) is 11.8 Å². The van der Waals surface area contributed by atoms with E-state index in [-0.39, 0.29) is 18.2 Å².